The van der Waals surface area contributed by atoms with E-state index in [2.05, 4.69) is 0 Å². The number of carbonyl (C=O) groups excluding carboxylic acids is 1. The van der Waals surface area contributed by atoms with Gasteiger partial charge in [0.05, 0.1) is 11.0 Å². The minimum absolute atomic E-state index is 0.0521. The molecule has 1 unspecified atom stereocenters. The van der Waals surface area contributed by atoms with Crippen LogP contribution in [0.15, 0.2) is 21.0 Å². The van der Waals surface area contributed by atoms with Crippen molar-refractivity contribution in [1.29, 1.82) is 0 Å². The Morgan fingerprint density at radius 1 is 1.46 bits per heavy atom. The fraction of sp³-hybridized carbons (Fsp3) is 0.444. The number of allylic oxidation sites excluding steroid dienone is 4. The van der Waals surface area contributed by atoms with Crippen LogP contribution in [0.3, 0.4) is 0 Å². The normalized spacial score (nSPS) is 28.6. The first kappa shape index (κ1) is 9.63. The van der Waals surface area contributed by atoms with Crippen molar-refractivity contribution >= 4 is 40.7 Å². The second-order valence-electron chi connectivity index (χ2n) is 3.12. The van der Waals surface area contributed by atoms with Crippen molar-refractivity contribution in [2.24, 2.45) is 5.92 Å². The molecule has 0 aromatic carbocycles. The molecule has 1 aliphatic carbocycles. The Bertz CT molecular complexity index is 320. The predicted molar refractivity (Wildman–Crippen MR) is 57.0 cm³/mol. The van der Waals surface area contributed by atoms with Gasteiger partial charge in [0, 0.05) is 22.1 Å². The van der Waals surface area contributed by atoms with Crippen LogP contribution in [0, 0.1) is 5.92 Å². The van der Waals surface area contributed by atoms with Gasteiger partial charge in [-0.2, -0.15) is 0 Å². The lowest BCUT2D eigenvalue weighted by atomic mass is 9.93. The molecular weight excluding hydrogens is 227 g/mol. The maximum Gasteiger partial charge on any atom is 0.142 e. The number of rotatable bonds is 0. The van der Waals surface area contributed by atoms with Crippen LogP contribution in [0.1, 0.15) is 12.8 Å². The van der Waals surface area contributed by atoms with Gasteiger partial charge in [0.15, 0.2) is 0 Å². The molecule has 1 saturated heterocycles. The molecule has 1 fully saturated rings. The molecule has 0 aromatic heterocycles. The van der Waals surface area contributed by atoms with Gasteiger partial charge in [-0.1, -0.05) is 23.2 Å². The highest BCUT2D eigenvalue weighted by Crippen LogP contribution is 2.43. The van der Waals surface area contributed by atoms with E-state index in [4.69, 9.17) is 23.2 Å². The summed E-state index contributed by atoms with van der Waals surface area (Å²) in [6.07, 6.45) is 3.03. The van der Waals surface area contributed by atoms with Crippen LogP contribution >= 0.6 is 35.0 Å². The predicted octanol–water partition coefficient (Wildman–Crippen LogP) is 3.29. The number of halogens is 2. The average Bonchev–Trinajstić information content (AvgIpc) is 2.07. The van der Waals surface area contributed by atoms with Crippen molar-refractivity contribution in [2.75, 3.05) is 5.75 Å². The van der Waals surface area contributed by atoms with Gasteiger partial charge < -0.3 is 0 Å². The third-order valence-electron chi connectivity index (χ3n) is 2.23. The minimum Gasteiger partial charge on any atom is -0.299 e. The summed E-state index contributed by atoms with van der Waals surface area (Å²) >= 11 is 13.6. The zero-order chi connectivity index (χ0) is 9.42. The molecule has 0 N–H and O–H groups in total. The highest BCUT2D eigenvalue weighted by molar-refractivity contribution is 8.03. The van der Waals surface area contributed by atoms with E-state index in [0.29, 0.717) is 22.9 Å². The summed E-state index contributed by atoms with van der Waals surface area (Å²) in [6, 6.07) is 0. The van der Waals surface area contributed by atoms with E-state index < -0.39 is 0 Å². The largest absolute Gasteiger partial charge is 0.299 e. The molecule has 70 valence electrons. The zero-order valence-electron chi connectivity index (χ0n) is 6.85. The third kappa shape index (κ3) is 1.80. The second-order valence-corrected chi connectivity index (χ2v) is 5.15. The topological polar surface area (TPSA) is 17.1 Å². The Morgan fingerprint density at radius 3 is 3.00 bits per heavy atom. The quantitative estimate of drug-likeness (QED) is 0.640. The number of hydrogen-bond acceptors (Lipinski definition) is 2. The van der Waals surface area contributed by atoms with E-state index >= 15 is 0 Å². The number of ketones is 1. The molecule has 1 heterocycles. The fourth-order valence-corrected chi connectivity index (χ4v) is 3.47. The van der Waals surface area contributed by atoms with E-state index in [1.54, 1.807) is 17.8 Å². The van der Waals surface area contributed by atoms with Gasteiger partial charge >= 0.3 is 0 Å². The number of hydrogen-bond donors (Lipinski definition) is 0. The Balaban J connectivity index is 2.37. The monoisotopic (exact) mass is 234 g/mol. The van der Waals surface area contributed by atoms with Gasteiger partial charge in [-0.05, 0) is 12.5 Å². The molecule has 0 spiro atoms. The van der Waals surface area contributed by atoms with Gasteiger partial charge in [-0.25, -0.2) is 0 Å². The summed E-state index contributed by atoms with van der Waals surface area (Å²) in [7, 11) is 0. The van der Waals surface area contributed by atoms with Crippen LogP contribution in [0.2, 0.25) is 0 Å². The molecule has 2 aliphatic rings. The molecule has 1 aliphatic heterocycles. The van der Waals surface area contributed by atoms with Gasteiger partial charge in [0.25, 0.3) is 0 Å². The van der Waals surface area contributed by atoms with Crippen molar-refractivity contribution in [3.05, 3.63) is 21.0 Å². The first-order chi connectivity index (χ1) is 6.18. The maximum atomic E-state index is 11.5. The van der Waals surface area contributed by atoms with Gasteiger partial charge in [0.1, 0.15) is 5.78 Å². The number of Topliss-reactive ketones (excluding diaryl/α,β-unsaturated/α-hetero) is 1. The number of carbonyl (C=O) groups is 1. The molecule has 1 nitrogen and oxygen atoms in total. The minimum atomic E-state index is -0.0521. The molecule has 0 saturated carbocycles. The van der Waals surface area contributed by atoms with Crippen LogP contribution in [-0.4, -0.2) is 11.5 Å². The summed E-state index contributed by atoms with van der Waals surface area (Å²) in [6.45, 7) is 0. The molecule has 0 bridgehead atoms. The molecule has 0 radical (unpaired) electrons. The van der Waals surface area contributed by atoms with Crippen molar-refractivity contribution < 1.29 is 4.79 Å². The molecule has 13 heavy (non-hydrogen) atoms. The lowest BCUT2D eigenvalue weighted by molar-refractivity contribution is -0.121. The highest BCUT2D eigenvalue weighted by atomic mass is 35.5. The highest BCUT2D eigenvalue weighted by Gasteiger charge is 2.32. The third-order valence-corrected chi connectivity index (χ3v) is 4.14. The van der Waals surface area contributed by atoms with Crippen molar-refractivity contribution in [2.45, 2.75) is 12.8 Å². The van der Waals surface area contributed by atoms with E-state index in [1.807, 2.05) is 0 Å². The summed E-state index contributed by atoms with van der Waals surface area (Å²) in [5.74, 6) is 1.08. The smallest absolute Gasteiger partial charge is 0.142 e. The first-order valence-electron chi connectivity index (χ1n) is 4.09. The van der Waals surface area contributed by atoms with Crippen LogP contribution in [0.25, 0.3) is 0 Å². The summed E-state index contributed by atoms with van der Waals surface area (Å²) in [5.41, 5.74) is 0. The van der Waals surface area contributed by atoms with E-state index in [9.17, 15) is 4.79 Å². The Labute approximate surface area is 91.2 Å². The number of thioether (sulfide) groups is 1. The zero-order valence-corrected chi connectivity index (χ0v) is 9.18. The van der Waals surface area contributed by atoms with E-state index in [0.717, 1.165) is 10.7 Å². The van der Waals surface area contributed by atoms with E-state index in [1.165, 1.54) is 0 Å². The fourth-order valence-electron chi connectivity index (χ4n) is 1.59. The van der Waals surface area contributed by atoms with Crippen molar-refractivity contribution in [1.82, 2.24) is 0 Å². The first-order valence-corrected chi connectivity index (χ1v) is 5.84. The SMILES string of the molecule is O=C1CCSC2=C(Cl)C=C(Cl)CC12. The van der Waals surface area contributed by atoms with Crippen LogP contribution in [-0.2, 0) is 4.79 Å². The van der Waals surface area contributed by atoms with E-state index in [-0.39, 0.29) is 11.7 Å². The van der Waals surface area contributed by atoms with Gasteiger partial charge in [-0.15, -0.1) is 11.8 Å². The molecule has 0 aromatic rings. The van der Waals surface area contributed by atoms with Crippen molar-refractivity contribution in [3.63, 3.8) is 0 Å². The van der Waals surface area contributed by atoms with Crippen LogP contribution < -0.4 is 0 Å². The molecule has 0 amide bonds. The lowest BCUT2D eigenvalue weighted by Gasteiger charge is -2.26. The number of fused-ring (bicyclic) bond motifs is 1. The molecular formula is C9H8Cl2OS. The lowest BCUT2D eigenvalue weighted by Crippen LogP contribution is -2.23. The summed E-state index contributed by atoms with van der Waals surface area (Å²) in [5, 5.41) is 1.34. The Kier molecular flexibility index (Phi) is 2.72. The Morgan fingerprint density at radius 2 is 2.23 bits per heavy atom. The maximum absolute atomic E-state index is 11.5. The Hall–Kier alpha value is 0.0800. The van der Waals surface area contributed by atoms with Gasteiger partial charge in [-0.3, -0.25) is 4.79 Å². The summed E-state index contributed by atoms with van der Waals surface area (Å²) in [4.78, 5) is 12.5. The van der Waals surface area contributed by atoms with Crippen LogP contribution in [0.4, 0.5) is 0 Å². The van der Waals surface area contributed by atoms with Crippen LogP contribution in [0.5, 0.6) is 0 Å². The average molecular weight is 235 g/mol. The molecule has 2 rings (SSSR count). The molecule has 4 heteroatoms. The van der Waals surface area contributed by atoms with Gasteiger partial charge in [0.2, 0.25) is 0 Å². The molecule has 1 atom stereocenters. The summed E-state index contributed by atoms with van der Waals surface area (Å²) < 4.78 is 0. The second kappa shape index (κ2) is 3.68. The standard InChI is InChI=1S/C9H8Cl2OS/c10-5-3-6-8(12)1-2-13-9(6)7(11)4-5/h4,6H,1-3H2. The van der Waals surface area contributed by atoms with Crippen molar-refractivity contribution in [3.8, 4) is 0 Å².